The first kappa shape index (κ1) is 17.4. The van der Waals surface area contributed by atoms with Crippen LogP contribution in [0, 0.1) is 5.92 Å². The fraction of sp³-hybridized carbons (Fsp3) is 0.400. The molecular weight excluding hydrogens is 322 g/mol. The van der Waals surface area contributed by atoms with Crippen molar-refractivity contribution >= 4 is 11.6 Å². The van der Waals surface area contributed by atoms with E-state index in [4.69, 9.17) is 11.6 Å². The number of nitrogens with zero attached hydrogens (tertiary/aromatic N) is 1. The summed E-state index contributed by atoms with van der Waals surface area (Å²) in [5, 5.41) is 21.6. The third-order valence-corrected chi connectivity index (χ3v) is 5.12. The molecule has 1 fully saturated rings. The monoisotopic (exact) mass is 345 g/mol. The molecule has 2 aromatic carbocycles. The van der Waals surface area contributed by atoms with Crippen LogP contribution in [0.1, 0.15) is 36.2 Å². The number of aliphatic hydroxyl groups is 2. The maximum atomic E-state index is 10.5. The number of hydrogen-bond acceptors (Lipinski definition) is 3. The molecule has 24 heavy (non-hydrogen) atoms. The molecular formula is C20H24ClNO2. The first-order valence-corrected chi connectivity index (χ1v) is 8.90. The van der Waals surface area contributed by atoms with Gasteiger partial charge in [-0.1, -0.05) is 54.1 Å². The van der Waals surface area contributed by atoms with Crippen LogP contribution in [0.15, 0.2) is 54.6 Å². The second-order valence-electron chi connectivity index (χ2n) is 6.56. The predicted octanol–water partition coefficient (Wildman–Crippen LogP) is 3.82. The molecule has 1 saturated heterocycles. The van der Waals surface area contributed by atoms with Crippen LogP contribution in [0.5, 0.6) is 0 Å². The van der Waals surface area contributed by atoms with Gasteiger partial charge in [0.25, 0.3) is 0 Å². The summed E-state index contributed by atoms with van der Waals surface area (Å²) in [4.78, 5) is 2.26. The summed E-state index contributed by atoms with van der Waals surface area (Å²) >= 11 is 5.99. The topological polar surface area (TPSA) is 43.7 Å². The zero-order valence-electron chi connectivity index (χ0n) is 13.7. The van der Waals surface area contributed by atoms with Gasteiger partial charge in [0.1, 0.15) is 0 Å². The molecule has 0 spiro atoms. The maximum Gasteiger partial charge on any atom is 0.0917 e. The zero-order valence-corrected chi connectivity index (χ0v) is 14.4. The Morgan fingerprint density at radius 2 is 1.62 bits per heavy atom. The number of β-amino-alcohol motifs (C(OH)–C–C–N with tert-alkyl or cyclic N) is 1. The van der Waals surface area contributed by atoms with Gasteiger partial charge < -0.3 is 15.1 Å². The Morgan fingerprint density at radius 1 is 0.958 bits per heavy atom. The minimum Gasteiger partial charge on any atom is -0.388 e. The van der Waals surface area contributed by atoms with Crippen LogP contribution >= 0.6 is 11.6 Å². The van der Waals surface area contributed by atoms with E-state index >= 15 is 0 Å². The summed E-state index contributed by atoms with van der Waals surface area (Å²) < 4.78 is 0. The third-order valence-electron chi connectivity index (χ3n) is 4.88. The molecule has 2 N–H and O–H groups in total. The lowest BCUT2D eigenvalue weighted by Crippen LogP contribution is -2.38. The highest BCUT2D eigenvalue weighted by Gasteiger charge is 2.27. The third kappa shape index (κ3) is 4.37. The summed E-state index contributed by atoms with van der Waals surface area (Å²) in [7, 11) is 0. The van der Waals surface area contributed by atoms with Crippen LogP contribution < -0.4 is 0 Å². The minimum absolute atomic E-state index is 0.284. The summed E-state index contributed by atoms with van der Waals surface area (Å²) in [6.07, 6.45) is 0.960. The van der Waals surface area contributed by atoms with Crippen LogP contribution in [0.3, 0.4) is 0 Å². The lowest BCUT2D eigenvalue weighted by molar-refractivity contribution is 0.0399. The van der Waals surface area contributed by atoms with Crippen LogP contribution in [0.2, 0.25) is 5.02 Å². The number of aliphatic hydroxyl groups excluding tert-OH is 2. The Bertz CT molecular complexity index is 641. The minimum atomic E-state index is -0.528. The first-order valence-electron chi connectivity index (χ1n) is 8.52. The van der Waals surface area contributed by atoms with Gasteiger partial charge in [-0.3, -0.25) is 0 Å². The number of benzene rings is 2. The van der Waals surface area contributed by atoms with Crippen molar-refractivity contribution in [3.8, 4) is 0 Å². The molecule has 1 aliphatic heterocycles. The van der Waals surface area contributed by atoms with Crippen molar-refractivity contribution in [2.75, 3.05) is 19.6 Å². The largest absolute Gasteiger partial charge is 0.388 e. The van der Waals surface area contributed by atoms with Crippen molar-refractivity contribution in [1.82, 2.24) is 4.90 Å². The molecule has 128 valence electrons. The Morgan fingerprint density at radius 3 is 2.29 bits per heavy atom. The van der Waals surface area contributed by atoms with E-state index in [9.17, 15) is 10.2 Å². The zero-order chi connectivity index (χ0) is 16.9. The molecule has 0 saturated carbocycles. The van der Waals surface area contributed by atoms with Gasteiger partial charge in [-0.25, -0.2) is 0 Å². The number of rotatable bonds is 5. The van der Waals surface area contributed by atoms with Crippen LogP contribution in [0.4, 0.5) is 0 Å². The molecule has 2 unspecified atom stereocenters. The smallest absolute Gasteiger partial charge is 0.0917 e. The molecule has 0 bridgehead atoms. The van der Waals surface area contributed by atoms with Crippen molar-refractivity contribution in [1.29, 1.82) is 0 Å². The average Bonchev–Trinajstić information content (AvgIpc) is 2.62. The number of likely N-dealkylation sites (tertiary alicyclic amines) is 1. The molecule has 0 aliphatic carbocycles. The molecule has 3 nitrogen and oxygen atoms in total. The molecule has 3 rings (SSSR count). The van der Waals surface area contributed by atoms with Gasteiger partial charge in [0, 0.05) is 11.6 Å². The Balaban J connectivity index is 1.52. The fourth-order valence-corrected chi connectivity index (χ4v) is 3.64. The summed E-state index contributed by atoms with van der Waals surface area (Å²) in [5.74, 6) is 0.284. The van der Waals surface area contributed by atoms with Gasteiger partial charge in [-0.15, -0.1) is 0 Å². The van der Waals surface area contributed by atoms with E-state index in [1.54, 1.807) is 0 Å². The van der Waals surface area contributed by atoms with Crippen LogP contribution in [-0.4, -0.2) is 34.7 Å². The van der Waals surface area contributed by atoms with Crippen LogP contribution in [-0.2, 0) is 0 Å². The van der Waals surface area contributed by atoms with Gasteiger partial charge in [-0.2, -0.15) is 0 Å². The van der Waals surface area contributed by atoms with E-state index in [0.29, 0.717) is 11.6 Å². The summed E-state index contributed by atoms with van der Waals surface area (Å²) in [6.45, 7) is 2.40. The van der Waals surface area contributed by atoms with Gasteiger partial charge >= 0.3 is 0 Å². The first-order chi connectivity index (χ1) is 11.6. The normalized spacial score (nSPS) is 19.1. The summed E-state index contributed by atoms with van der Waals surface area (Å²) in [5.41, 5.74) is 1.85. The number of hydrogen-bond donors (Lipinski definition) is 2. The quantitative estimate of drug-likeness (QED) is 0.865. The van der Waals surface area contributed by atoms with E-state index in [-0.39, 0.29) is 5.92 Å². The average molecular weight is 346 g/mol. The standard InChI is InChI=1S/C20H24ClNO2/c21-18-8-4-7-17(13-18)19(23)14-22-11-9-16(10-12-22)20(24)15-5-2-1-3-6-15/h1-8,13,16,19-20,23-24H,9-12,14H2. The van der Waals surface area contributed by atoms with E-state index < -0.39 is 12.2 Å². The second-order valence-corrected chi connectivity index (χ2v) is 7.00. The van der Waals surface area contributed by atoms with Crippen molar-refractivity contribution in [2.45, 2.75) is 25.0 Å². The van der Waals surface area contributed by atoms with Crippen molar-refractivity contribution < 1.29 is 10.2 Å². The molecule has 1 aliphatic rings. The van der Waals surface area contributed by atoms with Gasteiger partial charge in [-0.05, 0) is 55.1 Å². The summed E-state index contributed by atoms with van der Waals surface area (Å²) in [6, 6.07) is 17.3. The molecule has 0 amide bonds. The highest BCUT2D eigenvalue weighted by atomic mass is 35.5. The van der Waals surface area contributed by atoms with E-state index in [1.807, 2.05) is 54.6 Å². The molecule has 2 aromatic rings. The maximum absolute atomic E-state index is 10.5. The molecule has 2 atom stereocenters. The van der Waals surface area contributed by atoms with E-state index in [0.717, 1.165) is 37.1 Å². The Labute approximate surface area is 148 Å². The van der Waals surface area contributed by atoms with Crippen molar-refractivity contribution in [2.24, 2.45) is 5.92 Å². The van der Waals surface area contributed by atoms with Crippen molar-refractivity contribution in [3.63, 3.8) is 0 Å². The highest BCUT2D eigenvalue weighted by Crippen LogP contribution is 2.31. The number of halogens is 1. The molecule has 0 radical (unpaired) electrons. The van der Waals surface area contributed by atoms with Gasteiger partial charge in [0.05, 0.1) is 12.2 Å². The highest BCUT2D eigenvalue weighted by molar-refractivity contribution is 6.30. The fourth-order valence-electron chi connectivity index (χ4n) is 3.44. The molecule has 4 heteroatoms. The lowest BCUT2D eigenvalue weighted by atomic mass is 9.87. The van der Waals surface area contributed by atoms with E-state index in [1.165, 1.54) is 0 Å². The van der Waals surface area contributed by atoms with Crippen LogP contribution in [0.25, 0.3) is 0 Å². The van der Waals surface area contributed by atoms with E-state index in [2.05, 4.69) is 4.90 Å². The Kier molecular flexibility index (Phi) is 5.90. The SMILES string of the molecule is OC(CN1CCC(C(O)c2ccccc2)CC1)c1cccc(Cl)c1. The second kappa shape index (κ2) is 8.13. The lowest BCUT2D eigenvalue weighted by Gasteiger charge is -2.35. The Hall–Kier alpha value is -1.39. The van der Waals surface area contributed by atoms with Gasteiger partial charge in [0.15, 0.2) is 0 Å². The molecule has 1 heterocycles. The predicted molar refractivity (Wildman–Crippen MR) is 97.0 cm³/mol. The number of piperidine rings is 1. The molecule has 0 aromatic heterocycles. The van der Waals surface area contributed by atoms with Crippen molar-refractivity contribution in [3.05, 3.63) is 70.7 Å². The van der Waals surface area contributed by atoms with Gasteiger partial charge in [0.2, 0.25) is 0 Å².